The molecule has 1 aliphatic rings. The average molecular weight is 278 g/mol. The Kier molecular flexibility index (Phi) is 5.03. The predicted molar refractivity (Wildman–Crippen MR) is 83.6 cm³/mol. The van der Waals surface area contributed by atoms with Crippen molar-refractivity contribution in [3.63, 3.8) is 0 Å². The number of anilines is 1. The molecule has 1 aromatic rings. The zero-order valence-electron chi connectivity index (χ0n) is 13.0. The van der Waals surface area contributed by atoms with Gasteiger partial charge in [0.05, 0.1) is 0 Å². The molecule has 0 aromatic heterocycles. The number of hydrogen-bond donors (Lipinski definition) is 1. The molecule has 0 radical (unpaired) electrons. The van der Waals surface area contributed by atoms with Gasteiger partial charge in [0.15, 0.2) is 0 Å². The second kappa shape index (κ2) is 6.57. The lowest BCUT2D eigenvalue weighted by molar-refractivity contribution is 0.325. The first-order valence-electron chi connectivity index (χ1n) is 7.75. The van der Waals surface area contributed by atoms with Gasteiger partial charge < -0.3 is 10.2 Å². The molecule has 1 aliphatic heterocycles. The Morgan fingerprint density at radius 1 is 1.20 bits per heavy atom. The van der Waals surface area contributed by atoms with Crippen LogP contribution >= 0.6 is 0 Å². The maximum atomic E-state index is 13.8. The van der Waals surface area contributed by atoms with E-state index >= 15 is 0 Å². The Morgan fingerprint density at radius 2 is 2.00 bits per heavy atom. The van der Waals surface area contributed by atoms with Crippen LogP contribution in [0, 0.1) is 11.2 Å². The number of halogens is 1. The van der Waals surface area contributed by atoms with Gasteiger partial charge in [-0.15, -0.1) is 0 Å². The van der Waals surface area contributed by atoms with Gasteiger partial charge in [0.2, 0.25) is 0 Å². The van der Waals surface area contributed by atoms with E-state index in [2.05, 4.69) is 37.1 Å². The minimum atomic E-state index is -0.126. The molecule has 3 heteroatoms. The van der Waals surface area contributed by atoms with E-state index in [0.29, 0.717) is 5.41 Å². The predicted octanol–water partition coefficient (Wildman–Crippen LogP) is 3.95. The van der Waals surface area contributed by atoms with Crippen LogP contribution in [0.5, 0.6) is 0 Å². The van der Waals surface area contributed by atoms with Gasteiger partial charge in [-0.1, -0.05) is 20.8 Å². The van der Waals surface area contributed by atoms with E-state index in [4.69, 9.17) is 0 Å². The van der Waals surface area contributed by atoms with Gasteiger partial charge in [-0.25, -0.2) is 4.39 Å². The quantitative estimate of drug-likeness (QED) is 0.897. The van der Waals surface area contributed by atoms with Crippen molar-refractivity contribution in [3.05, 3.63) is 29.6 Å². The third-order valence-corrected chi connectivity index (χ3v) is 4.23. The van der Waals surface area contributed by atoms with E-state index in [1.807, 2.05) is 0 Å². The second-order valence-corrected chi connectivity index (χ2v) is 6.60. The van der Waals surface area contributed by atoms with E-state index in [1.165, 1.54) is 19.3 Å². The normalized spacial score (nSPS) is 18.9. The summed E-state index contributed by atoms with van der Waals surface area (Å²) in [4.78, 5) is 2.34. The van der Waals surface area contributed by atoms with Gasteiger partial charge >= 0.3 is 0 Å². The summed E-state index contributed by atoms with van der Waals surface area (Å²) in [6, 6.07) is 5.44. The monoisotopic (exact) mass is 278 g/mol. The van der Waals surface area contributed by atoms with Crippen LogP contribution in [-0.2, 0) is 6.54 Å². The fourth-order valence-electron chi connectivity index (χ4n) is 2.87. The van der Waals surface area contributed by atoms with Gasteiger partial charge in [-0.05, 0) is 55.0 Å². The first kappa shape index (κ1) is 15.3. The van der Waals surface area contributed by atoms with Crippen LogP contribution in [-0.4, -0.2) is 19.6 Å². The smallest absolute Gasteiger partial charge is 0.125 e. The molecule has 0 saturated carbocycles. The topological polar surface area (TPSA) is 15.3 Å². The van der Waals surface area contributed by atoms with Crippen LogP contribution in [0.2, 0.25) is 0 Å². The van der Waals surface area contributed by atoms with E-state index in [9.17, 15) is 4.39 Å². The SMILES string of the molecule is CCNCc1cc(F)cc(N2CCCC(C)(C)CC2)c1. The van der Waals surface area contributed by atoms with E-state index in [-0.39, 0.29) is 5.82 Å². The Bertz CT molecular complexity index is 443. The summed E-state index contributed by atoms with van der Waals surface area (Å²) in [6.45, 7) is 10.4. The number of nitrogens with one attached hydrogen (secondary N) is 1. The van der Waals surface area contributed by atoms with Gasteiger partial charge in [-0.2, -0.15) is 0 Å². The number of rotatable bonds is 4. The molecule has 112 valence electrons. The first-order valence-corrected chi connectivity index (χ1v) is 7.75. The Hall–Kier alpha value is -1.09. The third kappa shape index (κ3) is 4.20. The average Bonchev–Trinajstić information content (AvgIpc) is 2.57. The van der Waals surface area contributed by atoms with Crippen molar-refractivity contribution in [2.75, 3.05) is 24.5 Å². The summed E-state index contributed by atoms with van der Waals surface area (Å²) in [5.41, 5.74) is 2.48. The zero-order valence-corrected chi connectivity index (χ0v) is 13.0. The van der Waals surface area contributed by atoms with Crippen LogP contribution in [0.3, 0.4) is 0 Å². The Labute approximate surface area is 122 Å². The largest absolute Gasteiger partial charge is 0.371 e. The fourth-order valence-corrected chi connectivity index (χ4v) is 2.87. The maximum Gasteiger partial charge on any atom is 0.125 e. The molecule has 0 atom stereocenters. The van der Waals surface area contributed by atoms with E-state index < -0.39 is 0 Å². The lowest BCUT2D eigenvalue weighted by Crippen LogP contribution is -2.25. The van der Waals surface area contributed by atoms with Crippen molar-refractivity contribution in [2.24, 2.45) is 5.41 Å². The summed E-state index contributed by atoms with van der Waals surface area (Å²) in [7, 11) is 0. The standard InChI is InChI=1S/C17H27FN2/c1-4-19-13-14-10-15(18)12-16(11-14)20-8-5-6-17(2,3)7-9-20/h10-12,19H,4-9,13H2,1-3H3. The van der Waals surface area contributed by atoms with Crippen molar-refractivity contribution < 1.29 is 4.39 Å². The second-order valence-electron chi connectivity index (χ2n) is 6.60. The highest BCUT2D eigenvalue weighted by Gasteiger charge is 2.23. The van der Waals surface area contributed by atoms with E-state index in [0.717, 1.165) is 37.4 Å². The third-order valence-electron chi connectivity index (χ3n) is 4.23. The summed E-state index contributed by atoms with van der Waals surface area (Å²) in [5, 5.41) is 3.26. The van der Waals surface area contributed by atoms with Gasteiger partial charge in [0.1, 0.15) is 5.82 Å². The molecule has 0 aliphatic carbocycles. The Morgan fingerprint density at radius 3 is 2.75 bits per heavy atom. The molecule has 1 N–H and O–H groups in total. The number of nitrogens with zero attached hydrogens (tertiary/aromatic N) is 1. The molecule has 1 fully saturated rings. The lowest BCUT2D eigenvalue weighted by Gasteiger charge is -2.25. The molecule has 2 nitrogen and oxygen atoms in total. The summed E-state index contributed by atoms with van der Waals surface area (Å²) >= 11 is 0. The fraction of sp³-hybridized carbons (Fsp3) is 0.647. The highest BCUT2D eigenvalue weighted by Crippen LogP contribution is 2.32. The van der Waals surface area contributed by atoms with Gasteiger partial charge in [0.25, 0.3) is 0 Å². The van der Waals surface area contributed by atoms with Crippen LogP contribution in [0.1, 0.15) is 45.6 Å². The zero-order chi connectivity index (χ0) is 14.6. The van der Waals surface area contributed by atoms with Gasteiger partial charge in [-0.3, -0.25) is 0 Å². The summed E-state index contributed by atoms with van der Waals surface area (Å²) < 4.78 is 13.8. The minimum absolute atomic E-state index is 0.126. The molecular formula is C17H27FN2. The molecular weight excluding hydrogens is 251 g/mol. The molecule has 1 saturated heterocycles. The number of benzene rings is 1. The maximum absolute atomic E-state index is 13.8. The molecule has 0 spiro atoms. The van der Waals surface area contributed by atoms with Crippen molar-refractivity contribution >= 4 is 5.69 Å². The summed E-state index contributed by atoms with van der Waals surface area (Å²) in [6.07, 6.45) is 3.61. The molecule has 2 rings (SSSR count). The molecule has 1 aromatic carbocycles. The highest BCUT2D eigenvalue weighted by molar-refractivity contribution is 5.49. The summed E-state index contributed by atoms with van der Waals surface area (Å²) in [5.74, 6) is -0.126. The molecule has 0 amide bonds. The van der Waals surface area contributed by atoms with Crippen molar-refractivity contribution in [1.29, 1.82) is 0 Å². The first-order chi connectivity index (χ1) is 9.50. The highest BCUT2D eigenvalue weighted by atomic mass is 19.1. The van der Waals surface area contributed by atoms with Gasteiger partial charge in [0, 0.05) is 25.3 Å². The van der Waals surface area contributed by atoms with Crippen molar-refractivity contribution in [1.82, 2.24) is 5.32 Å². The van der Waals surface area contributed by atoms with Crippen molar-refractivity contribution in [3.8, 4) is 0 Å². The van der Waals surface area contributed by atoms with Crippen molar-refractivity contribution in [2.45, 2.75) is 46.6 Å². The molecule has 1 heterocycles. The number of hydrogen-bond acceptors (Lipinski definition) is 2. The molecule has 0 unspecified atom stereocenters. The molecule has 20 heavy (non-hydrogen) atoms. The van der Waals surface area contributed by atoms with Crippen LogP contribution in [0.25, 0.3) is 0 Å². The minimum Gasteiger partial charge on any atom is -0.371 e. The Balaban J connectivity index is 2.13. The van der Waals surface area contributed by atoms with Crippen LogP contribution in [0.15, 0.2) is 18.2 Å². The van der Waals surface area contributed by atoms with Crippen LogP contribution < -0.4 is 10.2 Å². The lowest BCUT2D eigenvalue weighted by atomic mass is 9.85. The van der Waals surface area contributed by atoms with Crippen LogP contribution in [0.4, 0.5) is 10.1 Å². The van der Waals surface area contributed by atoms with E-state index in [1.54, 1.807) is 12.1 Å². The molecule has 0 bridgehead atoms.